The molecule has 0 saturated heterocycles. The monoisotopic (exact) mass is 296 g/mol. The summed E-state index contributed by atoms with van der Waals surface area (Å²) in [5.41, 5.74) is 0.458. The Morgan fingerprint density at radius 3 is 2.62 bits per heavy atom. The summed E-state index contributed by atoms with van der Waals surface area (Å²) in [6.45, 7) is 10.8. The van der Waals surface area contributed by atoms with Crippen LogP contribution < -0.4 is 5.32 Å². The first-order chi connectivity index (χ1) is 10.0. The normalized spacial score (nSPS) is 30.3. The van der Waals surface area contributed by atoms with Gasteiger partial charge in [0.2, 0.25) is 0 Å². The smallest absolute Gasteiger partial charge is 0.0443 e. The number of nitrogens with zero attached hydrogens (tertiary/aromatic N) is 1. The summed E-state index contributed by atoms with van der Waals surface area (Å²) < 4.78 is 0. The molecule has 0 aromatic rings. The summed E-state index contributed by atoms with van der Waals surface area (Å²) in [5, 5.41) is 13.0. The fourth-order valence-corrected chi connectivity index (χ4v) is 4.00. The number of nitrogens with one attached hydrogen (secondary N) is 1. The summed E-state index contributed by atoms with van der Waals surface area (Å²) in [6, 6.07) is 1.38. The minimum Gasteiger partial charge on any atom is -0.396 e. The summed E-state index contributed by atoms with van der Waals surface area (Å²) in [5.74, 6) is 0.867. The summed E-state index contributed by atoms with van der Waals surface area (Å²) in [4.78, 5) is 2.60. The van der Waals surface area contributed by atoms with Crippen LogP contribution in [0.2, 0.25) is 0 Å². The van der Waals surface area contributed by atoms with Gasteiger partial charge in [0.15, 0.2) is 0 Å². The van der Waals surface area contributed by atoms with E-state index in [4.69, 9.17) is 5.11 Å². The molecule has 2 N–H and O–H groups in total. The predicted molar refractivity (Wildman–Crippen MR) is 89.5 cm³/mol. The molecule has 0 aliphatic heterocycles. The van der Waals surface area contributed by atoms with Crippen LogP contribution >= 0.6 is 0 Å². The maximum Gasteiger partial charge on any atom is 0.0443 e. The van der Waals surface area contributed by atoms with Crippen molar-refractivity contribution in [1.29, 1.82) is 0 Å². The van der Waals surface area contributed by atoms with Gasteiger partial charge < -0.3 is 15.3 Å². The Kier molecular flexibility index (Phi) is 6.51. The Morgan fingerprint density at radius 2 is 2.05 bits per heavy atom. The second-order valence-corrected chi connectivity index (χ2v) is 8.00. The number of hydrogen-bond donors (Lipinski definition) is 2. The van der Waals surface area contributed by atoms with Crippen LogP contribution in [0.25, 0.3) is 0 Å². The van der Waals surface area contributed by atoms with Gasteiger partial charge in [0.05, 0.1) is 0 Å². The van der Waals surface area contributed by atoms with Gasteiger partial charge >= 0.3 is 0 Å². The minimum atomic E-state index is 0.312. The maximum atomic E-state index is 9.15. The lowest BCUT2D eigenvalue weighted by atomic mass is 9.69. The van der Waals surface area contributed by atoms with E-state index >= 15 is 0 Å². The number of aliphatic hydroxyl groups excluding tert-OH is 1. The zero-order chi connectivity index (χ0) is 15.3. The summed E-state index contributed by atoms with van der Waals surface area (Å²) in [6.07, 6.45) is 9.20. The Morgan fingerprint density at radius 1 is 1.29 bits per heavy atom. The fourth-order valence-electron chi connectivity index (χ4n) is 4.00. The van der Waals surface area contributed by atoms with Gasteiger partial charge in [-0.2, -0.15) is 0 Å². The molecule has 0 spiro atoms. The molecule has 0 aromatic heterocycles. The van der Waals surface area contributed by atoms with Crippen molar-refractivity contribution in [1.82, 2.24) is 10.2 Å². The Hall–Kier alpha value is -0.120. The third-order valence-electron chi connectivity index (χ3n) is 5.40. The largest absolute Gasteiger partial charge is 0.396 e. The van der Waals surface area contributed by atoms with Crippen molar-refractivity contribution in [3.63, 3.8) is 0 Å². The Balaban J connectivity index is 1.97. The Bertz CT molecular complexity index is 304. The van der Waals surface area contributed by atoms with E-state index in [1.807, 2.05) is 0 Å². The highest BCUT2D eigenvalue weighted by atomic mass is 16.3. The van der Waals surface area contributed by atoms with Crippen LogP contribution in [0.1, 0.15) is 65.7 Å². The van der Waals surface area contributed by atoms with Gasteiger partial charge in [-0.25, -0.2) is 0 Å². The molecule has 2 rings (SSSR count). The number of hydrogen-bond acceptors (Lipinski definition) is 3. The maximum absolute atomic E-state index is 9.15. The predicted octanol–water partition coefficient (Wildman–Crippen LogP) is 3.03. The lowest BCUT2D eigenvalue weighted by Gasteiger charge is -2.45. The zero-order valence-corrected chi connectivity index (χ0v) is 14.4. The van der Waals surface area contributed by atoms with E-state index in [-0.39, 0.29) is 0 Å². The van der Waals surface area contributed by atoms with Gasteiger partial charge in [0.1, 0.15) is 0 Å². The van der Waals surface area contributed by atoms with Crippen molar-refractivity contribution in [2.24, 2.45) is 11.3 Å². The first-order valence-electron chi connectivity index (χ1n) is 9.13. The van der Waals surface area contributed by atoms with Crippen LogP contribution in [0, 0.1) is 11.3 Å². The molecule has 0 amide bonds. The third-order valence-corrected chi connectivity index (χ3v) is 5.40. The van der Waals surface area contributed by atoms with Gasteiger partial charge in [0, 0.05) is 38.3 Å². The van der Waals surface area contributed by atoms with Gasteiger partial charge in [-0.05, 0) is 57.3 Å². The average Bonchev–Trinajstić information content (AvgIpc) is 3.25. The Labute approximate surface area is 131 Å². The van der Waals surface area contributed by atoms with E-state index in [0.29, 0.717) is 18.1 Å². The standard InChI is InChI=1S/C18H36N2O/c1-15(2)20(10-5-11-21)14-18(13-19-17-7-8-17)9-4-6-16(3)12-18/h15-17,19,21H,4-14H2,1-3H3. The van der Waals surface area contributed by atoms with Crippen LogP contribution in [-0.2, 0) is 0 Å². The number of rotatable bonds is 9. The van der Waals surface area contributed by atoms with Crippen molar-refractivity contribution in [3.8, 4) is 0 Å². The van der Waals surface area contributed by atoms with Crippen molar-refractivity contribution >= 4 is 0 Å². The van der Waals surface area contributed by atoms with Crippen LogP contribution in [0.15, 0.2) is 0 Å². The van der Waals surface area contributed by atoms with Crippen molar-refractivity contribution in [2.45, 2.75) is 77.8 Å². The fraction of sp³-hybridized carbons (Fsp3) is 1.00. The topological polar surface area (TPSA) is 35.5 Å². The second kappa shape index (κ2) is 7.94. The highest BCUT2D eigenvalue weighted by Crippen LogP contribution is 2.40. The van der Waals surface area contributed by atoms with E-state index in [0.717, 1.165) is 24.9 Å². The van der Waals surface area contributed by atoms with Gasteiger partial charge in [-0.3, -0.25) is 0 Å². The molecule has 2 unspecified atom stereocenters. The van der Waals surface area contributed by atoms with E-state index in [1.54, 1.807) is 0 Å². The molecule has 3 nitrogen and oxygen atoms in total. The van der Waals surface area contributed by atoms with Gasteiger partial charge in [0.25, 0.3) is 0 Å². The molecule has 124 valence electrons. The first-order valence-corrected chi connectivity index (χ1v) is 9.13. The van der Waals surface area contributed by atoms with E-state index in [2.05, 4.69) is 31.0 Å². The van der Waals surface area contributed by atoms with Crippen LogP contribution in [-0.4, -0.2) is 48.3 Å². The van der Waals surface area contributed by atoms with E-state index in [1.165, 1.54) is 51.6 Å². The summed E-state index contributed by atoms with van der Waals surface area (Å²) >= 11 is 0. The number of aliphatic hydroxyl groups is 1. The van der Waals surface area contributed by atoms with E-state index < -0.39 is 0 Å². The highest BCUT2D eigenvalue weighted by Gasteiger charge is 2.38. The van der Waals surface area contributed by atoms with Crippen LogP contribution in [0.4, 0.5) is 0 Å². The van der Waals surface area contributed by atoms with Crippen LogP contribution in [0.5, 0.6) is 0 Å². The van der Waals surface area contributed by atoms with Crippen molar-refractivity contribution in [3.05, 3.63) is 0 Å². The summed E-state index contributed by atoms with van der Waals surface area (Å²) in [7, 11) is 0. The molecule has 0 bridgehead atoms. The molecule has 0 radical (unpaired) electrons. The lowest BCUT2D eigenvalue weighted by molar-refractivity contribution is 0.0608. The zero-order valence-electron chi connectivity index (χ0n) is 14.4. The molecule has 2 saturated carbocycles. The molecule has 2 atom stereocenters. The molecule has 2 aliphatic rings. The molecule has 0 heterocycles. The quantitative estimate of drug-likeness (QED) is 0.686. The van der Waals surface area contributed by atoms with Crippen molar-refractivity contribution < 1.29 is 5.11 Å². The molecular weight excluding hydrogens is 260 g/mol. The van der Waals surface area contributed by atoms with Gasteiger partial charge in [-0.1, -0.05) is 19.8 Å². The second-order valence-electron chi connectivity index (χ2n) is 8.00. The van der Waals surface area contributed by atoms with Gasteiger partial charge in [-0.15, -0.1) is 0 Å². The molecule has 21 heavy (non-hydrogen) atoms. The molecule has 3 heteroatoms. The molecular formula is C18H36N2O. The third kappa shape index (κ3) is 5.54. The highest BCUT2D eigenvalue weighted by molar-refractivity contribution is 4.93. The lowest BCUT2D eigenvalue weighted by Crippen LogP contribution is -2.49. The average molecular weight is 296 g/mol. The van der Waals surface area contributed by atoms with Crippen LogP contribution in [0.3, 0.4) is 0 Å². The SMILES string of the molecule is CC1CCCC(CNC2CC2)(CN(CCCO)C(C)C)C1. The van der Waals surface area contributed by atoms with Crippen molar-refractivity contribution in [2.75, 3.05) is 26.2 Å². The minimum absolute atomic E-state index is 0.312. The molecule has 2 fully saturated rings. The van der Waals surface area contributed by atoms with E-state index in [9.17, 15) is 0 Å². The molecule has 0 aromatic carbocycles. The first kappa shape index (κ1) is 17.2. The molecule has 2 aliphatic carbocycles.